The van der Waals surface area contributed by atoms with E-state index in [1.807, 2.05) is 6.07 Å². The van der Waals surface area contributed by atoms with Gasteiger partial charge in [0.05, 0.1) is 23.3 Å². The Labute approximate surface area is 192 Å². The summed E-state index contributed by atoms with van der Waals surface area (Å²) in [6, 6.07) is 7.18. The number of rotatable bonds is 1. The first-order valence-corrected chi connectivity index (χ1v) is 11.5. The molecule has 2 aliphatic heterocycles. The summed E-state index contributed by atoms with van der Waals surface area (Å²) in [6.07, 6.45) is 4.74. The number of carbonyl (C=O) groups is 3. The van der Waals surface area contributed by atoms with Crippen molar-refractivity contribution in [2.75, 3.05) is 32.8 Å². The first kappa shape index (κ1) is 22.8. The van der Waals surface area contributed by atoms with E-state index in [0.717, 1.165) is 19.3 Å². The Hall–Kier alpha value is -3.36. The molecule has 4 rings (SSSR count). The van der Waals surface area contributed by atoms with Gasteiger partial charge in [0.25, 0.3) is 11.8 Å². The molecule has 0 saturated carbocycles. The molecule has 0 unspecified atom stereocenters. The van der Waals surface area contributed by atoms with E-state index in [1.54, 1.807) is 30.0 Å². The molecule has 1 saturated heterocycles. The fraction of sp³-hybridized carbons (Fsp3) is 0.500. The van der Waals surface area contributed by atoms with Gasteiger partial charge in [-0.25, -0.2) is 4.98 Å². The quantitative estimate of drug-likeness (QED) is 0.684. The smallest absolute Gasteiger partial charge is 0.291 e. The number of benzene rings is 1. The lowest BCUT2D eigenvalue weighted by Crippen LogP contribution is -2.51. The van der Waals surface area contributed by atoms with E-state index in [-0.39, 0.29) is 23.5 Å². The summed E-state index contributed by atoms with van der Waals surface area (Å²) in [6.45, 7) is 3.84. The van der Waals surface area contributed by atoms with E-state index in [2.05, 4.69) is 15.6 Å². The summed E-state index contributed by atoms with van der Waals surface area (Å²) in [5, 5.41) is 5.85. The molecule has 1 aromatic heterocycles. The molecule has 176 valence electrons. The zero-order valence-corrected chi connectivity index (χ0v) is 18.9. The van der Waals surface area contributed by atoms with Crippen molar-refractivity contribution < 1.29 is 23.5 Å². The highest BCUT2D eigenvalue weighted by Crippen LogP contribution is 2.37. The monoisotopic (exact) mass is 454 g/mol. The van der Waals surface area contributed by atoms with Crippen LogP contribution in [0.25, 0.3) is 0 Å². The molecule has 0 bridgehead atoms. The average Bonchev–Trinajstić information content (AvgIpc) is 3.26. The summed E-state index contributed by atoms with van der Waals surface area (Å²) >= 11 is 0. The molecule has 1 fully saturated rings. The molecule has 33 heavy (non-hydrogen) atoms. The second-order valence-electron chi connectivity index (χ2n) is 8.65. The lowest BCUT2D eigenvalue weighted by molar-refractivity contribution is -0.134. The van der Waals surface area contributed by atoms with Crippen LogP contribution in [-0.4, -0.2) is 60.4 Å². The fourth-order valence-electron chi connectivity index (χ4n) is 4.54. The predicted octanol–water partition coefficient (Wildman–Crippen LogP) is 2.31. The van der Waals surface area contributed by atoms with Gasteiger partial charge in [0.2, 0.25) is 11.7 Å². The number of nitrogens with one attached hydrogen (secondary N) is 2. The number of piperidine rings is 1. The lowest BCUT2D eigenvalue weighted by Gasteiger charge is -2.40. The summed E-state index contributed by atoms with van der Waals surface area (Å²) in [5.74, 6) is 0.407. The minimum absolute atomic E-state index is 0.0157. The largest absolute Gasteiger partial charge is 0.493 e. The van der Waals surface area contributed by atoms with Gasteiger partial charge in [-0.1, -0.05) is 12.1 Å². The molecule has 3 heterocycles. The molecular weight excluding hydrogens is 424 g/mol. The van der Waals surface area contributed by atoms with Crippen LogP contribution in [0.15, 0.2) is 35.1 Å². The Morgan fingerprint density at radius 2 is 1.82 bits per heavy atom. The topological polar surface area (TPSA) is 114 Å². The number of hydrogen-bond donors (Lipinski definition) is 2. The molecule has 1 spiro atoms. The molecule has 2 aromatic rings. The van der Waals surface area contributed by atoms with Crippen LogP contribution in [0.1, 0.15) is 58.7 Å². The zero-order valence-electron chi connectivity index (χ0n) is 18.9. The van der Waals surface area contributed by atoms with E-state index < -0.39 is 5.41 Å². The maximum Gasteiger partial charge on any atom is 0.291 e. The number of carbonyl (C=O) groups excluding carboxylic acids is 3. The van der Waals surface area contributed by atoms with Crippen LogP contribution in [0.3, 0.4) is 0 Å². The minimum Gasteiger partial charge on any atom is -0.493 e. The number of ether oxygens (including phenoxy) is 1. The molecule has 0 radical (unpaired) electrons. The van der Waals surface area contributed by atoms with Gasteiger partial charge >= 0.3 is 0 Å². The van der Waals surface area contributed by atoms with Crippen LogP contribution in [0.4, 0.5) is 0 Å². The van der Waals surface area contributed by atoms with Crippen LogP contribution >= 0.6 is 0 Å². The van der Waals surface area contributed by atoms with Crippen LogP contribution in [-0.2, 0) is 4.79 Å². The number of aromatic nitrogens is 1. The Balaban J connectivity index is 1.42. The Morgan fingerprint density at radius 3 is 2.58 bits per heavy atom. The van der Waals surface area contributed by atoms with Crippen molar-refractivity contribution in [2.24, 2.45) is 5.41 Å². The molecule has 0 aliphatic carbocycles. The average molecular weight is 455 g/mol. The molecule has 9 nitrogen and oxygen atoms in total. The number of nitrogens with zero attached hydrogens (tertiary/aromatic N) is 2. The van der Waals surface area contributed by atoms with Crippen molar-refractivity contribution in [3.63, 3.8) is 0 Å². The predicted molar refractivity (Wildman–Crippen MR) is 120 cm³/mol. The third kappa shape index (κ3) is 5.02. The van der Waals surface area contributed by atoms with E-state index in [4.69, 9.17) is 9.15 Å². The Morgan fingerprint density at radius 1 is 1.06 bits per heavy atom. The van der Waals surface area contributed by atoms with Crippen molar-refractivity contribution in [1.82, 2.24) is 20.5 Å². The van der Waals surface area contributed by atoms with Gasteiger partial charge < -0.3 is 24.7 Å². The molecule has 2 N–H and O–H groups in total. The lowest BCUT2D eigenvalue weighted by atomic mass is 9.73. The second-order valence-corrected chi connectivity index (χ2v) is 8.65. The number of oxazole rings is 1. The minimum atomic E-state index is -0.542. The normalized spacial score (nSPS) is 19.6. The molecule has 1 aromatic carbocycles. The maximum absolute atomic E-state index is 13.2. The van der Waals surface area contributed by atoms with Gasteiger partial charge in [0.1, 0.15) is 5.75 Å². The van der Waals surface area contributed by atoms with Crippen LogP contribution in [0, 0.1) is 12.3 Å². The first-order chi connectivity index (χ1) is 16.0. The number of hydrogen-bond acceptors (Lipinski definition) is 6. The first-order valence-electron chi connectivity index (χ1n) is 11.5. The van der Waals surface area contributed by atoms with Crippen molar-refractivity contribution >= 4 is 17.7 Å². The highest BCUT2D eigenvalue weighted by atomic mass is 16.5. The fourth-order valence-corrected chi connectivity index (χ4v) is 4.54. The van der Waals surface area contributed by atoms with Gasteiger partial charge in [-0.05, 0) is 51.2 Å². The maximum atomic E-state index is 13.2. The van der Waals surface area contributed by atoms with Crippen molar-refractivity contribution in [2.45, 2.75) is 39.0 Å². The third-order valence-electron chi connectivity index (χ3n) is 6.56. The summed E-state index contributed by atoms with van der Waals surface area (Å²) < 4.78 is 11.1. The van der Waals surface area contributed by atoms with E-state index >= 15 is 0 Å². The van der Waals surface area contributed by atoms with Gasteiger partial charge in [-0.3, -0.25) is 14.4 Å². The van der Waals surface area contributed by atoms with Crippen molar-refractivity contribution in [3.8, 4) is 5.75 Å². The van der Waals surface area contributed by atoms with Gasteiger partial charge in [-0.2, -0.15) is 0 Å². The van der Waals surface area contributed by atoms with Crippen molar-refractivity contribution in [1.29, 1.82) is 0 Å². The zero-order chi connectivity index (χ0) is 23.3. The van der Waals surface area contributed by atoms with E-state index in [1.165, 1.54) is 6.39 Å². The van der Waals surface area contributed by atoms with Gasteiger partial charge in [-0.15, -0.1) is 0 Å². The van der Waals surface area contributed by atoms with Crippen LogP contribution < -0.4 is 15.4 Å². The molecule has 3 amide bonds. The third-order valence-corrected chi connectivity index (χ3v) is 6.56. The highest BCUT2D eigenvalue weighted by molar-refractivity contribution is 5.97. The second kappa shape index (κ2) is 10.1. The van der Waals surface area contributed by atoms with Crippen LogP contribution in [0.2, 0.25) is 0 Å². The number of amides is 3. The summed E-state index contributed by atoms with van der Waals surface area (Å²) in [5.41, 5.74) is 0.523. The van der Waals surface area contributed by atoms with E-state index in [9.17, 15) is 14.4 Å². The molecule has 0 atom stereocenters. The van der Waals surface area contributed by atoms with Gasteiger partial charge in [0.15, 0.2) is 6.39 Å². The number of para-hydroxylation sites is 1. The standard InChI is InChI=1S/C24H30N4O5/c1-17-20(33-16-27-17)22(30)28-13-9-24(10-14-28)8-4-5-15-32-19-7-3-2-6-18(19)21(29)25-11-12-26-23(24)31/h2-3,6-7,16H,4-5,8-15H2,1H3,(H,25,29)(H,26,31). The summed E-state index contributed by atoms with van der Waals surface area (Å²) in [7, 11) is 0. The SMILES string of the molecule is Cc1ncoc1C(=O)N1CCC2(CCCCOc3ccccc3C(=O)NCCNC2=O)CC1. The van der Waals surface area contributed by atoms with Crippen molar-refractivity contribution in [3.05, 3.63) is 47.7 Å². The Kier molecular flexibility index (Phi) is 6.96. The van der Waals surface area contributed by atoms with Gasteiger partial charge in [0, 0.05) is 26.2 Å². The summed E-state index contributed by atoms with van der Waals surface area (Å²) in [4.78, 5) is 44.2. The molecule has 2 aliphatic rings. The number of fused-ring (bicyclic) bond motifs is 1. The Bertz CT molecular complexity index is 1010. The molecule has 9 heteroatoms. The van der Waals surface area contributed by atoms with Crippen LogP contribution in [0.5, 0.6) is 5.75 Å². The number of likely N-dealkylation sites (tertiary alicyclic amines) is 1. The molecular formula is C24H30N4O5. The van der Waals surface area contributed by atoms with E-state index in [0.29, 0.717) is 62.6 Å². The highest BCUT2D eigenvalue weighted by Gasteiger charge is 2.42. The number of aryl methyl sites for hydroxylation is 1.